The first kappa shape index (κ1) is 17.4. The fourth-order valence-electron chi connectivity index (χ4n) is 1.86. The van der Waals surface area contributed by atoms with E-state index in [9.17, 15) is 18.0 Å². The maximum atomic E-state index is 12.5. The number of alkyl halides is 3. The Bertz CT molecular complexity index is 641. The van der Waals surface area contributed by atoms with Crippen molar-refractivity contribution in [1.82, 2.24) is 0 Å². The van der Waals surface area contributed by atoms with Crippen molar-refractivity contribution in [1.29, 1.82) is 0 Å². The number of carbonyl (C=O) groups excluding carboxylic acids is 1. The van der Waals surface area contributed by atoms with Crippen molar-refractivity contribution in [2.45, 2.75) is 24.1 Å². The zero-order chi connectivity index (χ0) is 16.9. The van der Waals surface area contributed by atoms with E-state index in [0.29, 0.717) is 11.4 Å². The molecule has 0 bridgehead atoms. The van der Waals surface area contributed by atoms with Gasteiger partial charge in [-0.2, -0.15) is 13.2 Å². The molecule has 122 valence electrons. The normalized spacial score (nSPS) is 12.7. The molecule has 0 unspecified atom stereocenters. The summed E-state index contributed by atoms with van der Waals surface area (Å²) in [7, 11) is 0. The van der Waals surface area contributed by atoms with Crippen molar-refractivity contribution in [2.75, 3.05) is 5.32 Å². The number of hydrogen-bond acceptors (Lipinski definition) is 2. The molecule has 0 fully saturated rings. The Kier molecular flexibility index (Phi) is 5.71. The van der Waals surface area contributed by atoms with Crippen molar-refractivity contribution >= 4 is 23.4 Å². The molecular formula is C17H16F3NOS. The molecule has 0 aliphatic carbocycles. The average molecular weight is 339 g/mol. The van der Waals surface area contributed by atoms with Gasteiger partial charge in [0.05, 0.1) is 10.8 Å². The van der Waals surface area contributed by atoms with Gasteiger partial charge < -0.3 is 5.32 Å². The lowest BCUT2D eigenvalue weighted by molar-refractivity contribution is -0.137. The van der Waals surface area contributed by atoms with Crippen molar-refractivity contribution in [2.24, 2.45) is 0 Å². The first-order valence-corrected chi connectivity index (χ1v) is 8.05. The number of thioether (sulfide) groups is 1. The minimum atomic E-state index is -4.37. The maximum absolute atomic E-state index is 12.5. The monoisotopic (exact) mass is 339 g/mol. The van der Waals surface area contributed by atoms with E-state index in [2.05, 4.69) is 5.32 Å². The Labute approximate surface area is 137 Å². The predicted octanol–water partition coefficient (Wildman–Crippen LogP) is 4.97. The highest BCUT2D eigenvalue weighted by atomic mass is 32.2. The summed E-state index contributed by atoms with van der Waals surface area (Å²) in [6.45, 7) is 1.77. The highest BCUT2D eigenvalue weighted by Gasteiger charge is 2.30. The van der Waals surface area contributed by atoms with Gasteiger partial charge in [0.15, 0.2) is 0 Å². The summed E-state index contributed by atoms with van der Waals surface area (Å²) in [6, 6.07) is 14.2. The van der Waals surface area contributed by atoms with Crippen LogP contribution >= 0.6 is 11.8 Å². The van der Waals surface area contributed by atoms with Crippen LogP contribution in [0.3, 0.4) is 0 Å². The Hall–Kier alpha value is -1.95. The molecule has 1 amide bonds. The molecule has 0 radical (unpaired) electrons. The van der Waals surface area contributed by atoms with Gasteiger partial charge in [0.2, 0.25) is 5.91 Å². The third kappa shape index (κ3) is 5.32. The number of hydrogen-bond donors (Lipinski definition) is 1. The Morgan fingerprint density at radius 1 is 1.09 bits per heavy atom. The number of amides is 1. The molecule has 2 aromatic rings. The summed E-state index contributed by atoms with van der Waals surface area (Å²) in [5, 5.41) is 2.32. The van der Waals surface area contributed by atoms with E-state index in [0.717, 1.165) is 17.7 Å². The number of rotatable bonds is 5. The van der Waals surface area contributed by atoms with Gasteiger partial charge in [-0.15, -0.1) is 11.8 Å². The second kappa shape index (κ2) is 7.55. The van der Waals surface area contributed by atoms with Crippen LogP contribution in [0.5, 0.6) is 0 Å². The summed E-state index contributed by atoms with van der Waals surface area (Å²) in [5.74, 6) is 0.466. The van der Waals surface area contributed by atoms with Gasteiger partial charge >= 0.3 is 6.18 Å². The van der Waals surface area contributed by atoms with Gasteiger partial charge in [0.1, 0.15) is 0 Å². The maximum Gasteiger partial charge on any atom is 0.416 e. The van der Waals surface area contributed by atoms with Crippen LogP contribution in [0.25, 0.3) is 0 Å². The van der Waals surface area contributed by atoms with Crippen LogP contribution < -0.4 is 5.32 Å². The van der Waals surface area contributed by atoms with Crippen LogP contribution in [0.4, 0.5) is 18.9 Å². The number of benzene rings is 2. The number of carbonyl (C=O) groups is 1. The second-order valence-corrected chi connectivity index (χ2v) is 6.33. The Balaban J connectivity index is 1.88. The molecule has 2 aromatic carbocycles. The van der Waals surface area contributed by atoms with Crippen molar-refractivity contribution in [3.8, 4) is 0 Å². The molecule has 1 N–H and O–H groups in total. The van der Waals surface area contributed by atoms with E-state index >= 15 is 0 Å². The van der Waals surface area contributed by atoms with Crippen LogP contribution in [0.1, 0.15) is 18.1 Å². The van der Waals surface area contributed by atoms with Gasteiger partial charge in [-0.1, -0.05) is 30.3 Å². The standard InChI is InChI=1S/C17H16F3NOS/c1-12(23-11-13-5-3-2-4-6-13)16(22)21-15-9-7-14(8-10-15)17(18,19)20/h2-10,12H,11H2,1H3,(H,21,22)/t12-/m1/s1. The third-order valence-electron chi connectivity index (χ3n) is 3.19. The fraction of sp³-hybridized carbons (Fsp3) is 0.235. The molecule has 2 nitrogen and oxygen atoms in total. The lowest BCUT2D eigenvalue weighted by Crippen LogP contribution is -2.22. The van der Waals surface area contributed by atoms with E-state index in [1.165, 1.54) is 23.9 Å². The Morgan fingerprint density at radius 3 is 2.26 bits per heavy atom. The predicted molar refractivity (Wildman–Crippen MR) is 87.3 cm³/mol. The number of anilines is 1. The molecule has 23 heavy (non-hydrogen) atoms. The van der Waals surface area contributed by atoms with Crippen molar-refractivity contribution in [3.63, 3.8) is 0 Å². The number of nitrogens with one attached hydrogen (secondary N) is 1. The zero-order valence-corrected chi connectivity index (χ0v) is 13.2. The third-order valence-corrected chi connectivity index (χ3v) is 4.41. The van der Waals surface area contributed by atoms with Gasteiger partial charge in [-0.25, -0.2) is 0 Å². The van der Waals surface area contributed by atoms with Gasteiger partial charge in [-0.05, 0) is 36.8 Å². The molecule has 0 aliphatic rings. The summed E-state index contributed by atoms with van der Waals surface area (Å²) < 4.78 is 37.4. The van der Waals surface area contributed by atoms with Crippen molar-refractivity contribution < 1.29 is 18.0 Å². The minimum absolute atomic E-state index is 0.231. The number of halogens is 3. The SMILES string of the molecule is C[C@@H](SCc1ccccc1)C(=O)Nc1ccc(C(F)(F)F)cc1. The summed E-state index contributed by atoms with van der Waals surface area (Å²) in [5.41, 5.74) is 0.740. The van der Waals surface area contributed by atoms with Crippen LogP contribution in [0.2, 0.25) is 0 Å². The molecule has 1 atom stereocenters. The van der Waals surface area contributed by atoms with Crippen LogP contribution in [-0.2, 0) is 16.7 Å². The molecule has 2 rings (SSSR count). The molecule has 0 saturated heterocycles. The van der Waals surface area contributed by atoms with E-state index in [1.807, 2.05) is 30.3 Å². The molecular weight excluding hydrogens is 323 g/mol. The Morgan fingerprint density at radius 2 is 1.70 bits per heavy atom. The summed E-state index contributed by atoms with van der Waals surface area (Å²) in [4.78, 5) is 12.1. The van der Waals surface area contributed by atoms with E-state index in [-0.39, 0.29) is 11.2 Å². The van der Waals surface area contributed by atoms with E-state index < -0.39 is 11.7 Å². The molecule has 0 heterocycles. The summed E-state index contributed by atoms with van der Waals surface area (Å²) >= 11 is 1.47. The summed E-state index contributed by atoms with van der Waals surface area (Å²) in [6.07, 6.45) is -4.37. The quantitative estimate of drug-likeness (QED) is 0.834. The molecule has 0 aromatic heterocycles. The van der Waals surface area contributed by atoms with E-state index in [4.69, 9.17) is 0 Å². The zero-order valence-electron chi connectivity index (χ0n) is 12.4. The average Bonchev–Trinajstić information content (AvgIpc) is 2.53. The second-order valence-electron chi connectivity index (χ2n) is 5.00. The topological polar surface area (TPSA) is 29.1 Å². The largest absolute Gasteiger partial charge is 0.416 e. The highest BCUT2D eigenvalue weighted by molar-refractivity contribution is 7.99. The first-order valence-electron chi connectivity index (χ1n) is 7.00. The lowest BCUT2D eigenvalue weighted by atomic mass is 10.2. The smallest absolute Gasteiger partial charge is 0.325 e. The van der Waals surface area contributed by atoms with E-state index in [1.54, 1.807) is 6.92 Å². The highest BCUT2D eigenvalue weighted by Crippen LogP contribution is 2.30. The lowest BCUT2D eigenvalue weighted by Gasteiger charge is -2.13. The molecule has 6 heteroatoms. The first-order chi connectivity index (χ1) is 10.9. The van der Waals surface area contributed by atoms with Crippen LogP contribution in [0, 0.1) is 0 Å². The molecule has 0 spiro atoms. The van der Waals surface area contributed by atoms with Crippen molar-refractivity contribution in [3.05, 3.63) is 65.7 Å². The molecule has 0 saturated carbocycles. The minimum Gasteiger partial charge on any atom is -0.325 e. The van der Waals surface area contributed by atoms with Crippen LogP contribution in [-0.4, -0.2) is 11.2 Å². The van der Waals surface area contributed by atoms with Crippen LogP contribution in [0.15, 0.2) is 54.6 Å². The van der Waals surface area contributed by atoms with Gasteiger partial charge in [0, 0.05) is 11.4 Å². The van der Waals surface area contributed by atoms with Gasteiger partial charge in [-0.3, -0.25) is 4.79 Å². The molecule has 0 aliphatic heterocycles. The fourth-order valence-corrected chi connectivity index (χ4v) is 2.70. The van der Waals surface area contributed by atoms with Gasteiger partial charge in [0.25, 0.3) is 0 Å².